The van der Waals surface area contributed by atoms with Crippen LogP contribution in [-0.2, 0) is 9.53 Å². The van der Waals surface area contributed by atoms with Gasteiger partial charge in [-0.2, -0.15) is 0 Å². The van der Waals surface area contributed by atoms with Gasteiger partial charge < -0.3 is 9.64 Å². The van der Waals surface area contributed by atoms with E-state index in [1.165, 1.54) is 18.2 Å². The van der Waals surface area contributed by atoms with Gasteiger partial charge in [0.1, 0.15) is 12.2 Å². The predicted molar refractivity (Wildman–Crippen MR) is 106 cm³/mol. The molecule has 1 atom stereocenters. The number of halogens is 1. The SMILES string of the molecule is Cc1cc([N+](=O)[O-])ccc1N=C1SC[C@H](OCC=C=O)N1CC(C)C.Cl. The lowest BCUT2D eigenvalue weighted by Gasteiger charge is -2.27. The maximum absolute atomic E-state index is 10.9. The van der Waals surface area contributed by atoms with E-state index in [0.29, 0.717) is 17.4 Å². The molecular weight excluding hydrogens is 378 g/mol. The molecule has 0 bridgehead atoms. The molecule has 26 heavy (non-hydrogen) atoms. The number of carbonyl (C=O) groups excluding carboxylic acids is 1. The highest BCUT2D eigenvalue weighted by molar-refractivity contribution is 8.14. The maximum atomic E-state index is 10.9. The van der Waals surface area contributed by atoms with Crippen molar-refractivity contribution in [3.8, 4) is 0 Å². The van der Waals surface area contributed by atoms with Crippen molar-refractivity contribution in [2.75, 3.05) is 18.9 Å². The van der Waals surface area contributed by atoms with Gasteiger partial charge in [0.15, 0.2) is 5.17 Å². The molecule has 0 aromatic heterocycles. The molecule has 0 saturated carbocycles. The zero-order valence-corrected chi connectivity index (χ0v) is 16.5. The van der Waals surface area contributed by atoms with Crippen molar-refractivity contribution in [1.82, 2.24) is 4.90 Å². The molecular formula is C17H22ClN3O4S. The Morgan fingerprint density at radius 1 is 1.54 bits per heavy atom. The minimum Gasteiger partial charge on any atom is -0.353 e. The fourth-order valence-electron chi connectivity index (χ4n) is 2.44. The van der Waals surface area contributed by atoms with E-state index in [1.54, 1.807) is 23.8 Å². The second kappa shape index (κ2) is 10.3. The number of non-ortho nitro benzene ring substituents is 1. The summed E-state index contributed by atoms with van der Waals surface area (Å²) in [5.41, 5.74) is 1.51. The fourth-order valence-corrected chi connectivity index (χ4v) is 3.53. The second-order valence-corrected chi connectivity index (χ2v) is 7.08. The number of hydrogen-bond donors (Lipinski definition) is 0. The average Bonchev–Trinajstić information content (AvgIpc) is 2.91. The van der Waals surface area contributed by atoms with Gasteiger partial charge >= 0.3 is 0 Å². The van der Waals surface area contributed by atoms with Gasteiger partial charge in [-0.05, 0) is 24.5 Å². The van der Waals surface area contributed by atoms with E-state index < -0.39 is 4.92 Å². The third-order valence-corrected chi connectivity index (χ3v) is 4.61. The van der Waals surface area contributed by atoms with Crippen LogP contribution in [0, 0.1) is 23.0 Å². The molecule has 1 aromatic carbocycles. The number of aryl methyl sites for hydroxylation is 1. The summed E-state index contributed by atoms with van der Waals surface area (Å²) in [4.78, 5) is 27.5. The molecule has 9 heteroatoms. The zero-order chi connectivity index (χ0) is 18.4. The van der Waals surface area contributed by atoms with Crippen LogP contribution in [0.1, 0.15) is 19.4 Å². The summed E-state index contributed by atoms with van der Waals surface area (Å²) >= 11 is 1.58. The lowest BCUT2D eigenvalue weighted by molar-refractivity contribution is -0.384. The molecule has 0 amide bonds. The average molecular weight is 400 g/mol. The molecule has 7 nitrogen and oxygen atoms in total. The quantitative estimate of drug-likeness (QED) is 0.394. The van der Waals surface area contributed by atoms with Crippen molar-refractivity contribution in [1.29, 1.82) is 0 Å². The van der Waals surface area contributed by atoms with Crippen molar-refractivity contribution in [3.05, 3.63) is 40.0 Å². The van der Waals surface area contributed by atoms with Gasteiger partial charge in [0.2, 0.25) is 0 Å². The summed E-state index contributed by atoms with van der Waals surface area (Å²) in [6.45, 7) is 7.02. The molecule has 1 fully saturated rings. The lowest BCUT2D eigenvalue weighted by atomic mass is 10.2. The Hall–Kier alpha value is -1.86. The van der Waals surface area contributed by atoms with Gasteiger partial charge in [0.05, 0.1) is 17.2 Å². The Kier molecular flexibility index (Phi) is 8.81. The van der Waals surface area contributed by atoms with Crippen LogP contribution in [0.3, 0.4) is 0 Å². The van der Waals surface area contributed by atoms with Crippen molar-refractivity contribution >= 4 is 46.7 Å². The van der Waals surface area contributed by atoms with Gasteiger partial charge in [0, 0.05) is 30.5 Å². The first-order chi connectivity index (χ1) is 11.9. The maximum Gasteiger partial charge on any atom is 0.269 e. The number of nitro benzene ring substituents is 1. The van der Waals surface area contributed by atoms with E-state index in [9.17, 15) is 14.9 Å². The molecule has 1 aliphatic heterocycles. The van der Waals surface area contributed by atoms with E-state index in [1.807, 2.05) is 6.92 Å². The van der Waals surface area contributed by atoms with Crippen molar-refractivity contribution in [2.24, 2.45) is 10.9 Å². The highest BCUT2D eigenvalue weighted by atomic mass is 35.5. The van der Waals surface area contributed by atoms with Crippen LogP contribution in [0.15, 0.2) is 29.3 Å². The summed E-state index contributed by atoms with van der Waals surface area (Å²) in [6.07, 6.45) is 1.16. The predicted octanol–water partition coefficient (Wildman–Crippen LogP) is 3.75. The topological polar surface area (TPSA) is 85.0 Å². The van der Waals surface area contributed by atoms with E-state index >= 15 is 0 Å². The molecule has 0 spiro atoms. The van der Waals surface area contributed by atoms with Crippen molar-refractivity contribution in [2.45, 2.75) is 27.0 Å². The van der Waals surface area contributed by atoms with Crippen LogP contribution in [-0.4, -0.2) is 46.1 Å². The minimum absolute atomic E-state index is 0. The molecule has 1 saturated heterocycles. The number of benzene rings is 1. The summed E-state index contributed by atoms with van der Waals surface area (Å²) < 4.78 is 5.72. The molecule has 0 aliphatic carbocycles. The molecule has 1 aromatic rings. The van der Waals surface area contributed by atoms with Crippen LogP contribution >= 0.6 is 24.2 Å². The standard InChI is InChI=1S/C17H21N3O4S.ClH/c1-12(2)10-19-16(24-8-4-7-21)11-25-17(19)18-15-6-5-14(20(22)23)9-13(15)3;/h4-6,9,12,16H,8,10-11H2,1-3H3;1H/t16-;/m0./s1. The third-order valence-electron chi connectivity index (χ3n) is 3.57. The van der Waals surface area contributed by atoms with Gasteiger partial charge in [-0.1, -0.05) is 25.6 Å². The molecule has 2 rings (SSSR count). The zero-order valence-electron chi connectivity index (χ0n) is 14.9. The molecule has 0 N–H and O–H groups in total. The number of amidine groups is 1. The van der Waals surface area contributed by atoms with Crippen LogP contribution in [0.5, 0.6) is 0 Å². The van der Waals surface area contributed by atoms with E-state index in [-0.39, 0.29) is 30.9 Å². The number of aliphatic imine (C=N–C) groups is 1. The highest BCUT2D eigenvalue weighted by Gasteiger charge is 2.31. The summed E-state index contributed by atoms with van der Waals surface area (Å²) in [5, 5.41) is 11.7. The van der Waals surface area contributed by atoms with Crippen LogP contribution in [0.4, 0.5) is 11.4 Å². The monoisotopic (exact) mass is 399 g/mol. The largest absolute Gasteiger partial charge is 0.353 e. The molecule has 1 aliphatic rings. The van der Waals surface area contributed by atoms with E-state index in [0.717, 1.165) is 17.3 Å². The van der Waals surface area contributed by atoms with Crippen LogP contribution in [0.25, 0.3) is 0 Å². The number of nitro groups is 1. The first kappa shape index (κ1) is 22.2. The van der Waals surface area contributed by atoms with Crippen LogP contribution < -0.4 is 0 Å². The highest BCUT2D eigenvalue weighted by Crippen LogP contribution is 2.31. The Morgan fingerprint density at radius 2 is 2.27 bits per heavy atom. The summed E-state index contributed by atoms with van der Waals surface area (Å²) in [5.74, 6) is 2.83. The first-order valence-corrected chi connectivity index (χ1v) is 8.95. The fraction of sp³-hybridized carbons (Fsp3) is 0.471. The van der Waals surface area contributed by atoms with E-state index in [2.05, 4.69) is 23.7 Å². The number of rotatable bonds is 7. The van der Waals surface area contributed by atoms with Crippen molar-refractivity contribution < 1.29 is 14.5 Å². The van der Waals surface area contributed by atoms with Gasteiger partial charge in [-0.15, -0.1) is 12.4 Å². The summed E-state index contributed by atoms with van der Waals surface area (Å²) in [7, 11) is 0. The molecule has 1 heterocycles. The smallest absolute Gasteiger partial charge is 0.269 e. The minimum atomic E-state index is -0.413. The van der Waals surface area contributed by atoms with Gasteiger partial charge in [-0.25, -0.2) is 9.79 Å². The number of nitrogens with zero attached hydrogens (tertiary/aromatic N) is 3. The first-order valence-electron chi connectivity index (χ1n) is 7.96. The van der Waals surface area contributed by atoms with Gasteiger partial charge in [0.25, 0.3) is 5.69 Å². The second-order valence-electron chi connectivity index (χ2n) is 6.09. The van der Waals surface area contributed by atoms with E-state index in [4.69, 9.17) is 4.74 Å². The Bertz CT molecular complexity index is 720. The third kappa shape index (κ3) is 5.85. The Labute approximate surface area is 163 Å². The summed E-state index contributed by atoms with van der Waals surface area (Å²) in [6, 6.07) is 4.65. The van der Waals surface area contributed by atoms with Crippen molar-refractivity contribution in [3.63, 3.8) is 0 Å². The van der Waals surface area contributed by atoms with Crippen LogP contribution in [0.2, 0.25) is 0 Å². The molecule has 0 radical (unpaired) electrons. The Balaban J connectivity index is 0.00000338. The number of thioether (sulfide) groups is 1. The Morgan fingerprint density at radius 3 is 2.85 bits per heavy atom. The molecule has 142 valence electrons. The number of ether oxygens (including phenoxy) is 1. The lowest BCUT2D eigenvalue weighted by Crippen LogP contribution is -2.38. The molecule has 0 unspecified atom stereocenters. The normalized spacial score (nSPS) is 17.9. The van der Waals surface area contributed by atoms with Gasteiger partial charge in [-0.3, -0.25) is 10.1 Å². The number of hydrogen-bond acceptors (Lipinski definition) is 6.